The highest BCUT2D eigenvalue weighted by molar-refractivity contribution is 6.11. The van der Waals surface area contributed by atoms with Gasteiger partial charge >= 0.3 is 6.03 Å². The molecule has 1 saturated heterocycles. The van der Waals surface area contributed by atoms with Gasteiger partial charge in [0.15, 0.2) is 11.7 Å². The second-order valence-corrected chi connectivity index (χ2v) is 11.6. The van der Waals surface area contributed by atoms with Gasteiger partial charge in [-0.3, -0.25) is 15.5 Å². The molecule has 12 nitrogen and oxygen atoms in total. The number of aliphatic imine (C=N–C) groups is 1. The third-order valence-corrected chi connectivity index (χ3v) is 7.15. The molecule has 0 aliphatic carbocycles. The van der Waals surface area contributed by atoms with Gasteiger partial charge in [-0.05, 0) is 35.4 Å². The van der Waals surface area contributed by atoms with Crippen molar-refractivity contribution in [3.63, 3.8) is 0 Å². The predicted octanol–water partition coefficient (Wildman–Crippen LogP) is 4.90. The van der Waals surface area contributed by atoms with Crippen molar-refractivity contribution in [2.75, 3.05) is 42.3 Å². The van der Waals surface area contributed by atoms with Crippen molar-refractivity contribution in [1.29, 1.82) is 5.41 Å². The number of amides is 3. The molecule has 3 aromatic rings. The van der Waals surface area contributed by atoms with Crippen molar-refractivity contribution in [2.45, 2.75) is 32.6 Å². The molecule has 0 saturated carbocycles. The molecular formula is C33H36N8O4. The topological polar surface area (TPSA) is 171 Å². The number of hydrogen-bond acceptors (Lipinski definition) is 8. The third-order valence-electron chi connectivity index (χ3n) is 7.15. The Morgan fingerprint density at radius 1 is 1.02 bits per heavy atom. The highest BCUT2D eigenvalue weighted by Gasteiger charge is 2.21. The zero-order valence-electron chi connectivity index (χ0n) is 25.4. The molecular weight excluding hydrogens is 572 g/mol. The number of urea groups is 1. The smallest absolute Gasteiger partial charge is 0.324 e. The van der Waals surface area contributed by atoms with Crippen LogP contribution in [0.5, 0.6) is 0 Å². The first kappa shape index (κ1) is 31.0. The lowest BCUT2D eigenvalue weighted by atomic mass is 9.93. The molecule has 0 spiro atoms. The lowest BCUT2D eigenvalue weighted by molar-refractivity contribution is -0.134. The third kappa shape index (κ3) is 7.94. The van der Waals surface area contributed by atoms with Crippen molar-refractivity contribution in [3.8, 4) is 0 Å². The Bertz CT molecular complexity index is 1700. The lowest BCUT2D eigenvalue weighted by Gasteiger charge is -2.26. The minimum absolute atomic E-state index is 0.0275. The summed E-state index contributed by atoms with van der Waals surface area (Å²) in [6, 6.07) is 15.7. The van der Waals surface area contributed by atoms with E-state index in [0.29, 0.717) is 71.8 Å². The first-order valence-corrected chi connectivity index (χ1v) is 14.5. The molecule has 2 aromatic carbocycles. The van der Waals surface area contributed by atoms with E-state index in [1.807, 2.05) is 49.9 Å². The van der Waals surface area contributed by atoms with E-state index < -0.39 is 6.03 Å². The van der Waals surface area contributed by atoms with Crippen LogP contribution < -0.4 is 21.7 Å². The van der Waals surface area contributed by atoms with Crippen LogP contribution in [0.2, 0.25) is 0 Å². The molecule has 3 amide bonds. The second-order valence-electron chi connectivity index (χ2n) is 11.6. The Morgan fingerprint density at radius 3 is 2.38 bits per heavy atom. The van der Waals surface area contributed by atoms with Crippen molar-refractivity contribution in [3.05, 3.63) is 94.6 Å². The summed E-state index contributed by atoms with van der Waals surface area (Å²) in [5.41, 5.74) is 13.5. The van der Waals surface area contributed by atoms with Gasteiger partial charge in [0, 0.05) is 48.2 Å². The average Bonchev–Trinajstić information content (AvgIpc) is 3.42. The predicted molar refractivity (Wildman–Crippen MR) is 174 cm³/mol. The van der Waals surface area contributed by atoms with Crippen molar-refractivity contribution >= 4 is 46.9 Å². The molecule has 1 fully saturated rings. The van der Waals surface area contributed by atoms with Crippen LogP contribution in [0, 0.1) is 5.41 Å². The minimum atomic E-state index is -0.459. The molecule has 0 unspecified atom stereocenters. The van der Waals surface area contributed by atoms with Crippen molar-refractivity contribution in [2.24, 2.45) is 10.7 Å². The van der Waals surface area contributed by atoms with Gasteiger partial charge in [-0.25, -0.2) is 9.79 Å². The Kier molecular flexibility index (Phi) is 9.27. The van der Waals surface area contributed by atoms with Crippen LogP contribution in [0.1, 0.15) is 37.7 Å². The summed E-state index contributed by atoms with van der Waals surface area (Å²) < 4.78 is 10.6. The quantitative estimate of drug-likeness (QED) is 0.237. The number of nitrogens with one attached hydrogen (secondary N) is 4. The largest absolute Gasteiger partial charge is 0.398 e. The van der Waals surface area contributed by atoms with Crippen LogP contribution in [0.25, 0.3) is 5.70 Å². The number of morpholine rings is 1. The van der Waals surface area contributed by atoms with Gasteiger partial charge in [0.25, 0.3) is 0 Å². The number of hydrogen-bond donors (Lipinski definition) is 5. The maximum atomic E-state index is 12.6. The SMILES string of the molecule is CC(C)(C)c1cc(NC(=O)Nc2ccc(NC3=C=CC=NC(=N)C3=C(N)c3ccc(CC(=O)N4CCOCC4)cc3)cc2)no1. The van der Waals surface area contributed by atoms with Gasteiger partial charge in [-0.15, -0.1) is 0 Å². The van der Waals surface area contributed by atoms with Crippen molar-refractivity contribution < 1.29 is 18.8 Å². The van der Waals surface area contributed by atoms with E-state index in [9.17, 15) is 9.59 Å². The molecule has 1 aromatic heterocycles. The Labute approximate surface area is 261 Å². The Balaban J connectivity index is 1.26. The molecule has 0 bridgehead atoms. The van der Waals surface area contributed by atoms with Crippen LogP contribution in [0.3, 0.4) is 0 Å². The zero-order chi connectivity index (χ0) is 32.0. The van der Waals surface area contributed by atoms with Crippen LogP contribution in [0.4, 0.5) is 22.0 Å². The molecule has 6 N–H and O–H groups in total. The van der Waals surface area contributed by atoms with E-state index in [4.69, 9.17) is 20.4 Å². The summed E-state index contributed by atoms with van der Waals surface area (Å²) in [5.74, 6) is 1.01. The normalized spacial score (nSPS) is 16.1. The minimum Gasteiger partial charge on any atom is -0.398 e. The monoisotopic (exact) mass is 608 g/mol. The second kappa shape index (κ2) is 13.5. The molecule has 2 aliphatic heterocycles. The summed E-state index contributed by atoms with van der Waals surface area (Å²) in [4.78, 5) is 31.1. The molecule has 0 radical (unpaired) electrons. The Hall–Kier alpha value is -5.45. The fraction of sp³-hybridized carbons (Fsp3) is 0.273. The molecule has 3 heterocycles. The first-order valence-electron chi connectivity index (χ1n) is 14.5. The van der Waals surface area contributed by atoms with Crippen LogP contribution in [0.15, 0.2) is 87.2 Å². The number of ether oxygens (including phenoxy) is 1. The first-order chi connectivity index (χ1) is 21.6. The molecule has 45 heavy (non-hydrogen) atoms. The standard InChI is InChI=1S/C33H36N8O4/c1-33(2,3)26-20-27(40-45-26)39-32(43)38-24-12-10-23(11-13-24)37-25-5-4-14-36-31(35)29(25)30(34)22-8-6-21(7-9-22)19-28(42)41-15-17-44-18-16-41/h4,6-14,20,35,37H,15-19,34H2,1-3H3,(H2,38,39,40,43). The fourth-order valence-electron chi connectivity index (χ4n) is 4.64. The maximum Gasteiger partial charge on any atom is 0.324 e. The summed E-state index contributed by atoms with van der Waals surface area (Å²) >= 11 is 0. The average molecular weight is 609 g/mol. The number of rotatable bonds is 7. The number of nitrogens with two attached hydrogens (primary N) is 1. The highest BCUT2D eigenvalue weighted by atomic mass is 16.5. The number of carbonyl (C=O) groups excluding carboxylic acids is 2. The number of aromatic nitrogens is 1. The molecule has 5 rings (SSSR count). The van der Waals surface area contributed by atoms with Gasteiger partial charge in [-0.2, -0.15) is 0 Å². The van der Waals surface area contributed by atoms with E-state index in [2.05, 4.69) is 31.8 Å². The number of amidine groups is 1. The molecule has 232 valence electrons. The van der Waals surface area contributed by atoms with Crippen LogP contribution >= 0.6 is 0 Å². The van der Waals surface area contributed by atoms with E-state index >= 15 is 0 Å². The summed E-state index contributed by atoms with van der Waals surface area (Å²) in [6.45, 7) is 8.30. The van der Waals surface area contributed by atoms with Crippen LogP contribution in [-0.2, 0) is 21.4 Å². The summed E-state index contributed by atoms with van der Waals surface area (Å²) in [5, 5.41) is 21.2. The van der Waals surface area contributed by atoms with Gasteiger partial charge in [0.05, 0.1) is 36.6 Å². The van der Waals surface area contributed by atoms with E-state index in [1.54, 1.807) is 36.4 Å². The Morgan fingerprint density at radius 2 is 1.71 bits per heavy atom. The van der Waals surface area contributed by atoms with Crippen LogP contribution in [-0.4, -0.2) is 60.3 Å². The summed E-state index contributed by atoms with van der Waals surface area (Å²) in [6.07, 6.45) is 3.37. The van der Waals surface area contributed by atoms with E-state index in [0.717, 1.165) is 5.56 Å². The summed E-state index contributed by atoms with van der Waals surface area (Å²) in [7, 11) is 0. The van der Waals surface area contributed by atoms with Crippen molar-refractivity contribution in [1.82, 2.24) is 10.1 Å². The van der Waals surface area contributed by atoms with E-state index in [1.165, 1.54) is 6.21 Å². The molecule has 2 aliphatic rings. The molecule has 12 heteroatoms. The van der Waals surface area contributed by atoms with Gasteiger partial charge in [-0.1, -0.05) is 55.9 Å². The van der Waals surface area contributed by atoms with E-state index in [-0.39, 0.29) is 23.6 Å². The number of carbonyl (C=O) groups is 2. The lowest BCUT2D eigenvalue weighted by Crippen LogP contribution is -2.41. The molecule has 0 atom stereocenters. The highest BCUT2D eigenvalue weighted by Crippen LogP contribution is 2.26. The van der Waals surface area contributed by atoms with Gasteiger partial charge < -0.3 is 30.5 Å². The van der Waals surface area contributed by atoms with Gasteiger partial charge in [0.2, 0.25) is 5.91 Å². The fourth-order valence-corrected chi connectivity index (χ4v) is 4.64. The number of nitrogens with zero attached hydrogens (tertiary/aromatic N) is 3. The number of benzene rings is 2. The van der Waals surface area contributed by atoms with Gasteiger partial charge in [0.1, 0.15) is 5.76 Å². The maximum absolute atomic E-state index is 12.6. The zero-order valence-corrected chi connectivity index (χ0v) is 25.4. The number of anilines is 3.